The fourth-order valence-electron chi connectivity index (χ4n) is 9.37. The lowest BCUT2D eigenvalue weighted by molar-refractivity contribution is -0.149. The fraction of sp³-hybridized carbons (Fsp3) is 0.489. The summed E-state index contributed by atoms with van der Waals surface area (Å²) in [6.45, 7) is 13.5. The minimum absolute atomic E-state index is 0.00951. The summed E-state index contributed by atoms with van der Waals surface area (Å²) in [7, 11) is 1.36. The van der Waals surface area contributed by atoms with Gasteiger partial charge in [0.2, 0.25) is 17.7 Å². The van der Waals surface area contributed by atoms with Crippen LogP contribution in [0.15, 0.2) is 48.8 Å². The van der Waals surface area contributed by atoms with E-state index in [0.717, 1.165) is 82.1 Å². The molecule has 3 N–H and O–H groups in total. The lowest BCUT2D eigenvalue weighted by Crippen LogP contribution is -2.51. The molecule has 3 amide bonds. The second-order valence-electron chi connectivity index (χ2n) is 17.8. The molecule has 0 spiro atoms. The number of rotatable bonds is 11. The molecule has 2 saturated carbocycles. The van der Waals surface area contributed by atoms with Crippen LogP contribution < -0.4 is 5.32 Å². The molecule has 8 atom stereocenters. The van der Waals surface area contributed by atoms with Crippen LogP contribution in [0.3, 0.4) is 0 Å². The summed E-state index contributed by atoms with van der Waals surface area (Å²) in [6.07, 6.45) is 7.50. The first-order valence-corrected chi connectivity index (χ1v) is 21.0. The molecule has 4 fully saturated rings. The van der Waals surface area contributed by atoms with Gasteiger partial charge in [0.25, 0.3) is 0 Å². The monoisotopic (exact) mass is 797 g/mol. The molecule has 2 aliphatic heterocycles. The number of carbonyl (C=O) groups is 4. The van der Waals surface area contributed by atoms with Crippen LogP contribution in [0.5, 0.6) is 0 Å². The van der Waals surface area contributed by atoms with Gasteiger partial charge in [-0.3, -0.25) is 19.2 Å². The second-order valence-corrected chi connectivity index (χ2v) is 17.8. The first-order valence-electron chi connectivity index (χ1n) is 21.0. The van der Waals surface area contributed by atoms with Gasteiger partial charge in [0.05, 0.1) is 55.3 Å². The minimum atomic E-state index is -0.560. The molecule has 12 heteroatoms. The smallest absolute Gasteiger partial charge is 0.306 e. The molecular formula is C47H55N7O5. The number of hydrogen-bond donors (Lipinski definition) is 3. The van der Waals surface area contributed by atoms with Crippen LogP contribution in [0, 0.1) is 55.3 Å². The number of imidazole rings is 2. The zero-order valence-corrected chi connectivity index (χ0v) is 35.3. The van der Waals surface area contributed by atoms with E-state index < -0.39 is 12.0 Å². The number of aromatic amines is 2. The Labute approximate surface area is 346 Å². The number of nitrogens with zero attached hydrogens (tertiary/aromatic N) is 4. The highest BCUT2D eigenvalue weighted by atomic mass is 16.5. The molecule has 8 rings (SSSR count). The molecular weight excluding hydrogens is 743 g/mol. The van der Waals surface area contributed by atoms with E-state index in [-0.39, 0.29) is 66.1 Å². The SMILES string of the molecule is COC(=O)C[C@H](C(=O)N1[C@@H]2C[C@@H]2C[C@H]1c1ncc(-c2ccc(C#Cc3ccc(-c4cnc([C@@H]5C[C@H]6C[C@H]6N5C(=O)[C@@H](NC(C)=O)C(C)C)[nH]4)cc3C)c(C)c2)[nH]1)C(C)C. The van der Waals surface area contributed by atoms with E-state index >= 15 is 0 Å². The molecule has 2 aliphatic carbocycles. The molecule has 12 nitrogen and oxygen atoms in total. The maximum atomic E-state index is 13.9. The van der Waals surface area contributed by atoms with Crippen LogP contribution in [-0.2, 0) is 23.9 Å². The molecule has 0 unspecified atom stereocenters. The summed E-state index contributed by atoms with van der Waals surface area (Å²) < 4.78 is 4.91. The highest BCUT2D eigenvalue weighted by Gasteiger charge is 2.57. The van der Waals surface area contributed by atoms with Gasteiger partial charge >= 0.3 is 5.97 Å². The summed E-state index contributed by atoms with van der Waals surface area (Å²) in [6, 6.07) is 11.9. The van der Waals surface area contributed by atoms with Crippen molar-refractivity contribution < 1.29 is 23.9 Å². The van der Waals surface area contributed by atoms with Crippen molar-refractivity contribution in [2.45, 2.75) is 111 Å². The van der Waals surface area contributed by atoms with E-state index in [2.05, 4.69) is 53.1 Å². The Morgan fingerprint density at radius 2 is 1.25 bits per heavy atom. The van der Waals surface area contributed by atoms with Gasteiger partial charge in [-0.25, -0.2) is 9.97 Å². The van der Waals surface area contributed by atoms with E-state index in [1.807, 2.05) is 74.2 Å². The van der Waals surface area contributed by atoms with Gasteiger partial charge in [-0.15, -0.1) is 0 Å². The number of methoxy groups -OCH3 is 1. The Kier molecular flexibility index (Phi) is 10.7. The predicted octanol–water partition coefficient (Wildman–Crippen LogP) is 6.80. The van der Waals surface area contributed by atoms with Crippen LogP contribution in [0.1, 0.15) is 113 Å². The topological polar surface area (TPSA) is 153 Å². The maximum absolute atomic E-state index is 13.9. The first kappa shape index (κ1) is 40.1. The lowest BCUT2D eigenvalue weighted by Gasteiger charge is -2.32. The molecule has 2 saturated heterocycles. The Morgan fingerprint density at radius 1 is 0.763 bits per heavy atom. The van der Waals surface area contributed by atoms with E-state index in [1.54, 1.807) is 0 Å². The molecule has 308 valence electrons. The van der Waals surface area contributed by atoms with E-state index in [4.69, 9.17) is 14.7 Å². The predicted molar refractivity (Wildman–Crippen MR) is 223 cm³/mol. The molecule has 4 aliphatic rings. The number of esters is 1. The average Bonchev–Trinajstić information content (AvgIpc) is 3.79. The van der Waals surface area contributed by atoms with Crippen LogP contribution in [-0.4, -0.2) is 78.7 Å². The molecule has 2 aromatic heterocycles. The average molecular weight is 798 g/mol. The number of hydrogen-bond acceptors (Lipinski definition) is 7. The van der Waals surface area contributed by atoms with Crippen molar-refractivity contribution in [1.29, 1.82) is 0 Å². The maximum Gasteiger partial charge on any atom is 0.306 e. The number of ether oxygens (including phenoxy) is 1. The van der Waals surface area contributed by atoms with Gasteiger partial charge in [-0.2, -0.15) is 0 Å². The normalized spacial score (nSPS) is 23.6. The van der Waals surface area contributed by atoms with Gasteiger partial charge in [0.15, 0.2) is 0 Å². The van der Waals surface area contributed by atoms with Crippen molar-refractivity contribution in [1.82, 2.24) is 35.1 Å². The minimum Gasteiger partial charge on any atom is -0.469 e. The molecule has 4 aromatic rings. The number of fused-ring (bicyclic) bond motifs is 2. The largest absolute Gasteiger partial charge is 0.469 e. The van der Waals surface area contributed by atoms with Crippen LogP contribution in [0.4, 0.5) is 0 Å². The van der Waals surface area contributed by atoms with Crippen molar-refractivity contribution >= 4 is 23.7 Å². The zero-order valence-electron chi connectivity index (χ0n) is 35.3. The quantitative estimate of drug-likeness (QED) is 0.111. The fourth-order valence-corrected chi connectivity index (χ4v) is 9.37. The number of amides is 3. The Bertz CT molecular complexity index is 2370. The van der Waals surface area contributed by atoms with Gasteiger partial charge < -0.3 is 29.8 Å². The first-order chi connectivity index (χ1) is 28.2. The molecule has 0 radical (unpaired) electrons. The number of aryl methyl sites for hydroxylation is 2. The highest BCUT2D eigenvalue weighted by molar-refractivity contribution is 5.88. The van der Waals surface area contributed by atoms with Crippen molar-refractivity contribution in [2.24, 2.45) is 29.6 Å². The molecule has 59 heavy (non-hydrogen) atoms. The Hall–Kier alpha value is -5.70. The van der Waals surface area contributed by atoms with Gasteiger partial charge in [-0.1, -0.05) is 51.7 Å². The van der Waals surface area contributed by atoms with Gasteiger partial charge in [0, 0.05) is 30.1 Å². The van der Waals surface area contributed by atoms with E-state index in [1.165, 1.54) is 14.0 Å². The second kappa shape index (κ2) is 15.8. The van der Waals surface area contributed by atoms with Crippen LogP contribution in [0.2, 0.25) is 0 Å². The van der Waals surface area contributed by atoms with Crippen molar-refractivity contribution in [3.8, 4) is 34.4 Å². The van der Waals surface area contributed by atoms with E-state index in [0.29, 0.717) is 11.8 Å². The molecule has 4 heterocycles. The number of nitrogens with one attached hydrogen (secondary N) is 3. The van der Waals surface area contributed by atoms with Gasteiger partial charge in [0.1, 0.15) is 17.7 Å². The number of likely N-dealkylation sites (tertiary alicyclic amines) is 2. The summed E-state index contributed by atoms with van der Waals surface area (Å²) in [5, 5.41) is 2.87. The summed E-state index contributed by atoms with van der Waals surface area (Å²) in [5.74, 6) is 8.23. The third kappa shape index (κ3) is 7.91. The number of H-pyrrole nitrogens is 2. The summed E-state index contributed by atoms with van der Waals surface area (Å²) in [5.41, 5.74) is 7.70. The number of benzene rings is 2. The number of carbonyl (C=O) groups excluding carboxylic acids is 4. The number of aromatic nitrogens is 4. The summed E-state index contributed by atoms with van der Waals surface area (Å²) >= 11 is 0. The lowest BCUT2D eigenvalue weighted by atomic mass is 9.90. The summed E-state index contributed by atoms with van der Waals surface area (Å²) in [4.78, 5) is 72.2. The molecule has 0 bridgehead atoms. The van der Waals surface area contributed by atoms with Gasteiger partial charge in [-0.05, 0) is 110 Å². The van der Waals surface area contributed by atoms with Crippen molar-refractivity contribution in [3.63, 3.8) is 0 Å². The number of piperidine rings is 2. The Balaban J connectivity index is 0.942. The van der Waals surface area contributed by atoms with Crippen molar-refractivity contribution in [2.75, 3.05) is 7.11 Å². The van der Waals surface area contributed by atoms with Crippen LogP contribution >= 0.6 is 0 Å². The molecule has 2 aromatic carbocycles. The highest BCUT2D eigenvalue weighted by Crippen LogP contribution is 2.55. The third-order valence-electron chi connectivity index (χ3n) is 13.0. The van der Waals surface area contributed by atoms with Crippen molar-refractivity contribution in [3.05, 3.63) is 82.7 Å². The van der Waals surface area contributed by atoms with E-state index in [9.17, 15) is 19.2 Å². The third-order valence-corrected chi connectivity index (χ3v) is 13.0. The van der Waals surface area contributed by atoms with Crippen LogP contribution in [0.25, 0.3) is 22.5 Å². The zero-order chi connectivity index (χ0) is 41.9. The Morgan fingerprint density at radius 3 is 1.68 bits per heavy atom. The standard InChI is InChI=1S/C47H55N7O5/c1-24(2)35(21-42(56)59-8)46(57)53-38-17-33(38)19-40(53)44-48-22-36(51-44)31-13-11-29(26(5)15-31)9-10-30-12-14-32(16-27(30)6)37-23-49-45(52-37)41-20-34-18-39(34)54(41)47(58)43(25(3)4)50-28(7)55/h11-16,22-25,33-35,38-41,43H,17-21H2,1-8H3,(H,48,51)(H,49,52)(H,50,55)/t33-,34-,35+,38-,39-,40+,41+,43+/m1/s1.